The quantitative estimate of drug-likeness (QED) is 0.766. The van der Waals surface area contributed by atoms with Crippen LogP contribution in [0, 0.1) is 5.41 Å². The SMILES string of the molecule is CC(C)(CCN)Cc1ccncc1. The van der Waals surface area contributed by atoms with Crippen LogP contribution >= 0.6 is 0 Å². The molecule has 0 aliphatic carbocycles. The maximum absolute atomic E-state index is 5.56. The van der Waals surface area contributed by atoms with Crippen molar-refractivity contribution in [3.05, 3.63) is 30.1 Å². The van der Waals surface area contributed by atoms with Gasteiger partial charge in [-0.15, -0.1) is 0 Å². The number of aromatic nitrogens is 1. The van der Waals surface area contributed by atoms with E-state index in [0.29, 0.717) is 5.41 Å². The molecule has 1 heterocycles. The molecule has 2 heteroatoms. The van der Waals surface area contributed by atoms with Crippen LogP contribution < -0.4 is 5.73 Å². The van der Waals surface area contributed by atoms with E-state index in [2.05, 4.69) is 31.0 Å². The van der Waals surface area contributed by atoms with Crippen molar-refractivity contribution in [3.8, 4) is 0 Å². The van der Waals surface area contributed by atoms with Gasteiger partial charge in [0.05, 0.1) is 0 Å². The topological polar surface area (TPSA) is 38.9 Å². The highest BCUT2D eigenvalue weighted by Crippen LogP contribution is 2.24. The van der Waals surface area contributed by atoms with Crippen molar-refractivity contribution in [2.75, 3.05) is 6.54 Å². The molecule has 0 aromatic carbocycles. The fraction of sp³-hybridized carbons (Fsp3) is 0.545. The van der Waals surface area contributed by atoms with Crippen molar-refractivity contribution < 1.29 is 0 Å². The van der Waals surface area contributed by atoms with Gasteiger partial charge in [-0.2, -0.15) is 0 Å². The highest BCUT2D eigenvalue weighted by molar-refractivity contribution is 5.11. The van der Waals surface area contributed by atoms with Crippen LogP contribution in [-0.4, -0.2) is 11.5 Å². The Morgan fingerprint density at radius 3 is 2.46 bits per heavy atom. The predicted octanol–water partition coefficient (Wildman–Crippen LogP) is 2.00. The molecular weight excluding hydrogens is 160 g/mol. The van der Waals surface area contributed by atoms with Crippen LogP contribution in [0.15, 0.2) is 24.5 Å². The third-order valence-electron chi connectivity index (χ3n) is 2.25. The van der Waals surface area contributed by atoms with Crippen molar-refractivity contribution in [3.63, 3.8) is 0 Å². The lowest BCUT2D eigenvalue weighted by Crippen LogP contribution is -2.19. The van der Waals surface area contributed by atoms with Crippen LogP contribution in [0.3, 0.4) is 0 Å². The summed E-state index contributed by atoms with van der Waals surface area (Å²) in [6.07, 6.45) is 5.82. The number of hydrogen-bond acceptors (Lipinski definition) is 2. The molecule has 0 amide bonds. The molecule has 0 saturated carbocycles. The van der Waals surface area contributed by atoms with Crippen LogP contribution in [0.2, 0.25) is 0 Å². The number of rotatable bonds is 4. The summed E-state index contributed by atoms with van der Waals surface area (Å²) in [4.78, 5) is 4.00. The first-order valence-corrected chi connectivity index (χ1v) is 4.73. The molecule has 0 radical (unpaired) electrons. The summed E-state index contributed by atoms with van der Waals surface area (Å²) in [6.45, 7) is 5.26. The molecule has 13 heavy (non-hydrogen) atoms. The zero-order valence-corrected chi connectivity index (χ0v) is 8.46. The molecular formula is C11H18N2. The molecule has 1 aromatic heterocycles. The van der Waals surface area contributed by atoms with Crippen molar-refractivity contribution in [1.29, 1.82) is 0 Å². The Balaban J connectivity index is 2.58. The minimum absolute atomic E-state index is 0.302. The van der Waals surface area contributed by atoms with E-state index in [1.807, 2.05) is 12.4 Å². The minimum Gasteiger partial charge on any atom is -0.330 e. The zero-order valence-electron chi connectivity index (χ0n) is 8.46. The molecule has 2 nitrogen and oxygen atoms in total. The molecule has 1 rings (SSSR count). The van der Waals surface area contributed by atoms with Crippen molar-refractivity contribution in [1.82, 2.24) is 4.98 Å². The summed E-state index contributed by atoms with van der Waals surface area (Å²) >= 11 is 0. The van der Waals surface area contributed by atoms with Gasteiger partial charge >= 0.3 is 0 Å². The summed E-state index contributed by atoms with van der Waals surface area (Å²) in [7, 11) is 0. The van der Waals surface area contributed by atoms with Gasteiger partial charge in [0.2, 0.25) is 0 Å². The highest BCUT2D eigenvalue weighted by Gasteiger charge is 2.16. The van der Waals surface area contributed by atoms with E-state index >= 15 is 0 Å². The third kappa shape index (κ3) is 3.55. The van der Waals surface area contributed by atoms with Crippen LogP contribution in [0.5, 0.6) is 0 Å². The molecule has 0 spiro atoms. The Hall–Kier alpha value is -0.890. The van der Waals surface area contributed by atoms with E-state index in [1.54, 1.807) is 0 Å². The second-order valence-electron chi connectivity index (χ2n) is 4.24. The maximum Gasteiger partial charge on any atom is 0.0270 e. The van der Waals surface area contributed by atoms with Crippen molar-refractivity contribution >= 4 is 0 Å². The largest absolute Gasteiger partial charge is 0.330 e. The molecule has 2 N–H and O–H groups in total. The highest BCUT2D eigenvalue weighted by atomic mass is 14.6. The lowest BCUT2D eigenvalue weighted by molar-refractivity contribution is 0.338. The molecule has 0 unspecified atom stereocenters. The van der Waals surface area contributed by atoms with Gasteiger partial charge in [0.1, 0.15) is 0 Å². The number of hydrogen-bond donors (Lipinski definition) is 1. The summed E-state index contributed by atoms with van der Waals surface area (Å²) in [5, 5.41) is 0. The zero-order chi connectivity index (χ0) is 9.73. The summed E-state index contributed by atoms with van der Waals surface area (Å²) in [5.74, 6) is 0. The number of nitrogens with two attached hydrogens (primary N) is 1. The van der Waals surface area contributed by atoms with E-state index in [4.69, 9.17) is 5.73 Å². The van der Waals surface area contributed by atoms with Gasteiger partial charge in [-0.05, 0) is 42.5 Å². The Bertz CT molecular complexity index is 242. The predicted molar refractivity (Wildman–Crippen MR) is 55.4 cm³/mol. The van der Waals surface area contributed by atoms with Gasteiger partial charge in [0, 0.05) is 12.4 Å². The lowest BCUT2D eigenvalue weighted by Gasteiger charge is -2.23. The van der Waals surface area contributed by atoms with Gasteiger partial charge in [-0.3, -0.25) is 4.98 Å². The van der Waals surface area contributed by atoms with E-state index in [1.165, 1.54) is 5.56 Å². The van der Waals surface area contributed by atoms with Crippen LogP contribution in [0.4, 0.5) is 0 Å². The standard InChI is InChI=1S/C11H18N2/c1-11(2,5-6-12)9-10-3-7-13-8-4-10/h3-4,7-8H,5-6,9,12H2,1-2H3. The van der Waals surface area contributed by atoms with Crippen LogP contribution in [-0.2, 0) is 6.42 Å². The second kappa shape index (κ2) is 4.38. The van der Waals surface area contributed by atoms with Gasteiger partial charge in [0.25, 0.3) is 0 Å². The third-order valence-corrected chi connectivity index (χ3v) is 2.25. The van der Waals surface area contributed by atoms with Crippen LogP contribution in [0.25, 0.3) is 0 Å². The van der Waals surface area contributed by atoms with Crippen molar-refractivity contribution in [2.24, 2.45) is 11.1 Å². The first-order chi connectivity index (χ1) is 6.14. The number of pyridine rings is 1. The van der Waals surface area contributed by atoms with Crippen LogP contribution in [0.1, 0.15) is 25.8 Å². The molecule has 0 atom stereocenters. The summed E-state index contributed by atoms with van der Waals surface area (Å²) in [5.41, 5.74) is 7.20. The molecule has 0 fully saturated rings. The average molecular weight is 178 g/mol. The Morgan fingerprint density at radius 2 is 1.92 bits per heavy atom. The maximum atomic E-state index is 5.56. The van der Waals surface area contributed by atoms with Gasteiger partial charge in [-0.1, -0.05) is 13.8 Å². The normalized spacial score (nSPS) is 11.6. The monoisotopic (exact) mass is 178 g/mol. The molecule has 0 bridgehead atoms. The first-order valence-electron chi connectivity index (χ1n) is 4.73. The second-order valence-corrected chi connectivity index (χ2v) is 4.24. The minimum atomic E-state index is 0.302. The van der Waals surface area contributed by atoms with Gasteiger partial charge in [-0.25, -0.2) is 0 Å². The Kier molecular flexibility index (Phi) is 3.43. The van der Waals surface area contributed by atoms with Crippen molar-refractivity contribution in [2.45, 2.75) is 26.7 Å². The Morgan fingerprint density at radius 1 is 1.31 bits per heavy atom. The fourth-order valence-electron chi connectivity index (χ4n) is 1.53. The fourth-order valence-corrected chi connectivity index (χ4v) is 1.53. The van der Waals surface area contributed by atoms with Gasteiger partial charge < -0.3 is 5.73 Å². The van der Waals surface area contributed by atoms with E-state index in [0.717, 1.165) is 19.4 Å². The van der Waals surface area contributed by atoms with E-state index in [-0.39, 0.29) is 0 Å². The smallest absolute Gasteiger partial charge is 0.0270 e. The average Bonchev–Trinajstić information content (AvgIpc) is 2.04. The summed E-state index contributed by atoms with van der Waals surface area (Å²) in [6, 6.07) is 4.14. The lowest BCUT2D eigenvalue weighted by atomic mass is 9.83. The molecule has 0 saturated heterocycles. The molecule has 0 aliphatic rings. The molecule has 0 aliphatic heterocycles. The summed E-state index contributed by atoms with van der Waals surface area (Å²) < 4.78 is 0. The van der Waals surface area contributed by atoms with E-state index in [9.17, 15) is 0 Å². The number of nitrogens with zero attached hydrogens (tertiary/aromatic N) is 1. The molecule has 1 aromatic rings. The van der Waals surface area contributed by atoms with E-state index < -0.39 is 0 Å². The van der Waals surface area contributed by atoms with Gasteiger partial charge in [0.15, 0.2) is 0 Å². The first kappa shape index (κ1) is 10.2. The molecule has 72 valence electrons. The Labute approximate surface area is 80.2 Å².